The predicted molar refractivity (Wildman–Crippen MR) is 112 cm³/mol. The van der Waals surface area contributed by atoms with Gasteiger partial charge in [0, 0.05) is 19.0 Å². The average molecular weight is 460 g/mol. The summed E-state index contributed by atoms with van der Waals surface area (Å²) in [6.07, 6.45) is 0. The summed E-state index contributed by atoms with van der Waals surface area (Å²) in [6, 6.07) is 9.80. The molecule has 1 heterocycles. The second-order valence-electron chi connectivity index (χ2n) is 5.11. The summed E-state index contributed by atoms with van der Waals surface area (Å²) in [5.74, 6) is 1.74. The molecule has 0 atom stereocenters. The van der Waals surface area contributed by atoms with Gasteiger partial charge in [-0.05, 0) is 26.0 Å². The molecule has 0 spiro atoms. The summed E-state index contributed by atoms with van der Waals surface area (Å²) in [5.41, 5.74) is 1.07. The number of para-hydroxylation sites is 1. The summed E-state index contributed by atoms with van der Waals surface area (Å²) in [4.78, 5) is 11.2. The smallest absolute Gasteiger partial charge is 0.194 e. The first-order valence-corrected chi connectivity index (χ1v) is 8.65. The van der Waals surface area contributed by atoms with E-state index in [4.69, 9.17) is 4.74 Å². The van der Waals surface area contributed by atoms with Gasteiger partial charge in [-0.25, -0.2) is 9.98 Å². The number of aliphatic imine (C=N–C) groups is 1. The lowest BCUT2D eigenvalue weighted by molar-refractivity contribution is 0.327. The van der Waals surface area contributed by atoms with Gasteiger partial charge in [0.25, 0.3) is 0 Å². The maximum absolute atomic E-state index is 5.67. The number of nitrogens with one attached hydrogen (secondary N) is 1. The van der Waals surface area contributed by atoms with E-state index in [1.54, 1.807) is 11.3 Å². The molecule has 1 aromatic carbocycles. The van der Waals surface area contributed by atoms with Crippen LogP contribution >= 0.6 is 35.3 Å². The molecule has 7 heteroatoms. The highest BCUT2D eigenvalue weighted by atomic mass is 127. The first-order chi connectivity index (χ1) is 11.2. The van der Waals surface area contributed by atoms with Gasteiger partial charge in [0.05, 0.1) is 23.8 Å². The zero-order chi connectivity index (χ0) is 16.5. The van der Waals surface area contributed by atoms with Crippen LogP contribution in [0.4, 0.5) is 0 Å². The van der Waals surface area contributed by atoms with Gasteiger partial charge in [-0.2, -0.15) is 0 Å². The molecule has 2 aromatic rings. The van der Waals surface area contributed by atoms with Crippen molar-refractivity contribution in [2.75, 3.05) is 26.7 Å². The van der Waals surface area contributed by atoms with E-state index in [0.29, 0.717) is 13.2 Å². The van der Waals surface area contributed by atoms with E-state index in [-0.39, 0.29) is 24.0 Å². The monoisotopic (exact) mass is 460 g/mol. The van der Waals surface area contributed by atoms with Gasteiger partial charge in [0.15, 0.2) is 5.96 Å². The maximum atomic E-state index is 5.67. The number of ether oxygens (including phenoxy) is 1. The van der Waals surface area contributed by atoms with Crippen LogP contribution in [0.1, 0.15) is 17.6 Å². The minimum atomic E-state index is 0. The topological polar surface area (TPSA) is 49.8 Å². The van der Waals surface area contributed by atoms with Crippen molar-refractivity contribution in [3.63, 3.8) is 0 Å². The van der Waals surface area contributed by atoms with Crippen LogP contribution in [0.15, 0.2) is 40.7 Å². The summed E-state index contributed by atoms with van der Waals surface area (Å²) >= 11 is 1.67. The lowest BCUT2D eigenvalue weighted by Gasteiger charge is -2.21. The molecule has 0 aliphatic rings. The first kappa shape index (κ1) is 20.7. The van der Waals surface area contributed by atoms with Crippen LogP contribution in [-0.2, 0) is 6.54 Å². The molecule has 24 heavy (non-hydrogen) atoms. The number of hydrogen-bond acceptors (Lipinski definition) is 4. The summed E-state index contributed by atoms with van der Waals surface area (Å²) in [5, 5.41) is 6.48. The molecule has 0 saturated carbocycles. The predicted octanol–water partition coefficient (Wildman–Crippen LogP) is 3.55. The molecule has 5 nitrogen and oxygen atoms in total. The zero-order valence-corrected chi connectivity index (χ0v) is 17.5. The molecule has 0 aliphatic carbocycles. The fraction of sp³-hybridized carbons (Fsp3) is 0.412. The largest absolute Gasteiger partial charge is 0.492 e. The number of thiazole rings is 1. The molecule has 0 fully saturated rings. The lowest BCUT2D eigenvalue weighted by Crippen LogP contribution is -2.38. The maximum Gasteiger partial charge on any atom is 0.194 e. The minimum absolute atomic E-state index is 0. The molecule has 1 aromatic heterocycles. The van der Waals surface area contributed by atoms with E-state index in [2.05, 4.69) is 32.5 Å². The Bertz CT molecular complexity index is 618. The highest BCUT2D eigenvalue weighted by molar-refractivity contribution is 14.0. The normalized spacial score (nSPS) is 10.9. The quantitative estimate of drug-likeness (QED) is 0.297. The molecular formula is C17H25IN4OS. The van der Waals surface area contributed by atoms with E-state index in [1.807, 2.05) is 44.3 Å². The van der Waals surface area contributed by atoms with Crippen molar-refractivity contribution in [2.45, 2.75) is 20.4 Å². The van der Waals surface area contributed by atoms with Crippen molar-refractivity contribution in [1.82, 2.24) is 15.2 Å². The molecular weight excluding hydrogens is 435 g/mol. The van der Waals surface area contributed by atoms with Crippen LogP contribution in [0.2, 0.25) is 0 Å². The van der Waals surface area contributed by atoms with Gasteiger partial charge < -0.3 is 15.0 Å². The highest BCUT2D eigenvalue weighted by Gasteiger charge is 2.08. The van der Waals surface area contributed by atoms with Crippen LogP contribution in [0.25, 0.3) is 0 Å². The highest BCUT2D eigenvalue weighted by Crippen LogP contribution is 2.10. The van der Waals surface area contributed by atoms with Crippen molar-refractivity contribution < 1.29 is 4.74 Å². The van der Waals surface area contributed by atoms with Crippen LogP contribution in [-0.4, -0.2) is 42.6 Å². The molecule has 0 aliphatic heterocycles. The number of hydrogen-bond donors (Lipinski definition) is 1. The Hall–Kier alpha value is -1.35. The molecule has 0 saturated heterocycles. The second-order valence-corrected chi connectivity index (χ2v) is 6.17. The van der Waals surface area contributed by atoms with Gasteiger partial charge in [-0.15, -0.1) is 35.3 Å². The molecule has 0 bridgehead atoms. The average Bonchev–Trinajstić information content (AvgIpc) is 2.96. The zero-order valence-electron chi connectivity index (χ0n) is 14.4. The van der Waals surface area contributed by atoms with Gasteiger partial charge >= 0.3 is 0 Å². The summed E-state index contributed by atoms with van der Waals surface area (Å²) in [6.45, 7) is 6.83. The summed E-state index contributed by atoms with van der Waals surface area (Å²) < 4.78 is 5.67. The fourth-order valence-corrected chi connectivity index (χ4v) is 2.70. The molecule has 0 radical (unpaired) electrons. The summed E-state index contributed by atoms with van der Waals surface area (Å²) in [7, 11) is 2.02. The van der Waals surface area contributed by atoms with Crippen molar-refractivity contribution >= 4 is 41.3 Å². The Morgan fingerprint density at radius 1 is 1.33 bits per heavy atom. The van der Waals surface area contributed by atoms with Crippen LogP contribution in [0, 0.1) is 6.92 Å². The third-order valence-electron chi connectivity index (χ3n) is 3.13. The standard InChI is InChI=1S/C17H24N4OS.HI/c1-4-18-17(21(3)12-15-13-23-14(2)20-15)19-10-11-22-16-8-6-5-7-9-16;/h5-9,13H,4,10-12H2,1-3H3,(H,18,19);1H. The van der Waals surface area contributed by atoms with Gasteiger partial charge in [0.1, 0.15) is 12.4 Å². The van der Waals surface area contributed by atoms with Crippen LogP contribution < -0.4 is 10.1 Å². The SMILES string of the molecule is CCNC(=NCCOc1ccccc1)N(C)Cc1csc(C)n1.I. The fourth-order valence-electron chi connectivity index (χ4n) is 2.10. The Balaban J connectivity index is 0.00000288. The van der Waals surface area contributed by atoms with E-state index < -0.39 is 0 Å². The second kappa shape index (κ2) is 11.2. The first-order valence-electron chi connectivity index (χ1n) is 7.77. The van der Waals surface area contributed by atoms with Crippen molar-refractivity contribution in [3.8, 4) is 5.75 Å². The molecule has 1 N–H and O–H groups in total. The van der Waals surface area contributed by atoms with Gasteiger partial charge in [-0.1, -0.05) is 18.2 Å². The van der Waals surface area contributed by atoms with Gasteiger partial charge in [0.2, 0.25) is 0 Å². The Morgan fingerprint density at radius 3 is 2.71 bits per heavy atom. The molecule has 2 rings (SSSR count). The van der Waals surface area contributed by atoms with Gasteiger partial charge in [-0.3, -0.25) is 0 Å². The number of nitrogens with zero attached hydrogens (tertiary/aromatic N) is 3. The van der Waals surface area contributed by atoms with Crippen LogP contribution in [0.3, 0.4) is 0 Å². The van der Waals surface area contributed by atoms with Crippen molar-refractivity contribution in [2.24, 2.45) is 4.99 Å². The number of aromatic nitrogens is 1. The molecule has 132 valence electrons. The Labute approximate surface area is 165 Å². The number of benzene rings is 1. The Morgan fingerprint density at radius 2 is 2.08 bits per heavy atom. The van der Waals surface area contributed by atoms with Crippen molar-refractivity contribution in [3.05, 3.63) is 46.4 Å². The molecule has 0 unspecified atom stereocenters. The lowest BCUT2D eigenvalue weighted by atomic mass is 10.3. The van der Waals surface area contributed by atoms with E-state index >= 15 is 0 Å². The van der Waals surface area contributed by atoms with E-state index in [1.165, 1.54) is 0 Å². The number of aryl methyl sites for hydroxylation is 1. The number of halogens is 1. The van der Waals surface area contributed by atoms with Crippen molar-refractivity contribution in [1.29, 1.82) is 0 Å². The minimum Gasteiger partial charge on any atom is -0.492 e. The third kappa shape index (κ3) is 7.04. The Kier molecular flexibility index (Phi) is 9.70. The number of guanidine groups is 1. The van der Waals surface area contributed by atoms with E-state index in [0.717, 1.165) is 35.5 Å². The van der Waals surface area contributed by atoms with E-state index in [9.17, 15) is 0 Å². The molecule has 0 amide bonds. The van der Waals surface area contributed by atoms with Crippen LogP contribution in [0.5, 0.6) is 5.75 Å². The third-order valence-corrected chi connectivity index (χ3v) is 3.95. The number of rotatable bonds is 7.